The van der Waals surface area contributed by atoms with Gasteiger partial charge in [0.15, 0.2) is 0 Å². The first-order valence-electron chi connectivity index (χ1n) is 7.75. The molecule has 0 amide bonds. The summed E-state index contributed by atoms with van der Waals surface area (Å²) >= 11 is 6.11. The molecule has 0 saturated heterocycles. The van der Waals surface area contributed by atoms with Crippen LogP contribution in [0.3, 0.4) is 0 Å². The first-order chi connectivity index (χ1) is 11.7. The number of halogens is 1. The minimum Gasteiger partial charge on any atom is -0.423 e. The zero-order chi connectivity index (χ0) is 16.9. The Kier molecular flexibility index (Phi) is 5.13. The first kappa shape index (κ1) is 16.5. The quantitative estimate of drug-likeness (QED) is 0.708. The third-order valence-electron chi connectivity index (χ3n) is 3.66. The molecular weight excluding hydrogens is 326 g/mol. The minimum atomic E-state index is -0.777. The molecule has 0 aliphatic rings. The second-order valence-corrected chi connectivity index (χ2v) is 5.78. The van der Waals surface area contributed by atoms with E-state index in [1.165, 1.54) is 0 Å². The average molecular weight is 344 g/mol. The SMILES string of the molecule is CCc1nnc(CNc2ccc(Cl)cc2C(O)c2ccccc2)o1. The molecule has 6 heteroatoms. The van der Waals surface area contributed by atoms with Crippen LogP contribution in [0.5, 0.6) is 0 Å². The number of aliphatic hydroxyl groups is 1. The largest absolute Gasteiger partial charge is 0.423 e. The van der Waals surface area contributed by atoms with Crippen LogP contribution in [0.1, 0.15) is 35.9 Å². The highest BCUT2D eigenvalue weighted by Gasteiger charge is 2.16. The Morgan fingerprint density at radius 3 is 2.58 bits per heavy atom. The van der Waals surface area contributed by atoms with Crippen LogP contribution in [-0.2, 0) is 13.0 Å². The molecule has 0 saturated carbocycles. The second kappa shape index (κ2) is 7.47. The Hall–Kier alpha value is -2.37. The van der Waals surface area contributed by atoms with Crippen LogP contribution in [-0.4, -0.2) is 15.3 Å². The van der Waals surface area contributed by atoms with Crippen molar-refractivity contribution in [3.8, 4) is 0 Å². The summed E-state index contributed by atoms with van der Waals surface area (Å²) in [5, 5.41) is 22.4. The van der Waals surface area contributed by atoms with Crippen molar-refractivity contribution < 1.29 is 9.52 Å². The highest BCUT2D eigenvalue weighted by atomic mass is 35.5. The lowest BCUT2D eigenvalue weighted by Crippen LogP contribution is -2.07. The van der Waals surface area contributed by atoms with Gasteiger partial charge in [-0.3, -0.25) is 0 Å². The van der Waals surface area contributed by atoms with Crippen molar-refractivity contribution in [2.75, 3.05) is 5.32 Å². The highest BCUT2D eigenvalue weighted by Crippen LogP contribution is 2.31. The molecule has 0 spiro atoms. The molecule has 124 valence electrons. The van der Waals surface area contributed by atoms with Crippen LogP contribution in [0, 0.1) is 0 Å². The standard InChI is InChI=1S/C18H18ClN3O2/c1-2-16-21-22-17(24-16)11-20-15-9-8-13(19)10-14(15)18(23)12-6-4-3-5-7-12/h3-10,18,20,23H,2,11H2,1H3. The Labute approximate surface area is 145 Å². The summed E-state index contributed by atoms with van der Waals surface area (Å²) in [6.07, 6.45) is -0.0763. The molecule has 1 aromatic heterocycles. The van der Waals surface area contributed by atoms with Gasteiger partial charge in [0, 0.05) is 22.7 Å². The molecule has 1 atom stereocenters. The van der Waals surface area contributed by atoms with E-state index in [-0.39, 0.29) is 0 Å². The van der Waals surface area contributed by atoms with Gasteiger partial charge in [-0.15, -0.1) is 10.2 Å². The van der Waals surface area contributed by atoms with Gasteiger partial charge in [0.25, 0.3) is 0 Å². The molecule has 0 radical (unpaired) electrons. The number of anilines is 1. The first-order valence-corrected chi connectivity index (χ1v) is 8.12. The lowest BCUT2D eigenvalue weighted by Gasteiger charge is -2.17. The summed E-state index contributed by atoms with van der Waals surface area (Å²) in [5.41, 5.74) is 2.27. The number of aliphatic hydroxyl groups excluding tert-OH is 1. The number of nitrogens with one attached hydrogen (secondary N) is 1. The second-order valence-electron chi connectivity index (χ2n) is 5.34. The molecule has 0 aliphatic carbocycles. The van der Waals surface area contributed by atoms with E-state index in [1.54, 1.807) is 12.1 Å². The molecule has 3 aromatic rings. The van der Waals surface area contributed by atoms with Crippen LogP contribution < -0.4 is 5.32 Å². The van der Waals surface area contributed by atoms with E-state index < -0.39 is 6.10 Å². The molecule has 24 heavy (non-hydrogen) atoms. The van der Waals surface area contributed by atoms with Crippen molar-refractivity contribution in [3.05, 3.63) is 76.5 Å². The molecule has 2 aromatic carbocycles. The van der Waals surface area contributed by atoms with Gasteiger partial charge in [0.2, 0.25) is 11.8 Å². The third-order valence-corrected chi connectivity index (χ3v) is 3.90. The zero-order valence-electron chi connectivity index (χ0n) is 13.2. The van der Waals surface area contributed by atoms with E-state index in [9.17, 15) is 5.11 Å². The maximum Gasteiger partial charge on any atom is 0.235 e. The van der Waals surface area contributed by atoms with Crippen molar-refractivity contribution in [2.45, 2.75) is 26.0 Å². The van der Waals surface area contributed by atoms with Crippen LogP contribution in [0.2, 0.25) is 5.02 Å². The number of benzene rings is 2. The van der Waals surface area contributed by atoms with E-state index in [0.717, 1.165) is 11.3 Å². The minimum absolute atomic E-state index is 0.378. The van der Waals surface area contributed by atoms with Crippen molar-refractivity contribution in [2.24, 2.45) is 0 Å². The Morgan fingerprint density at radius 2 is 1.88 bits per heavy atom. The molecule has 5 nitrogen and oxygen atoms in total. The molecular formula is C18H18ClN3O2. The summed E-state index contributed by atoms with van der Waals surface area (Å²) in [7, 11) is 0. The van der Waals surface area contributed by atoms with Gasteiger partial charge in [-0.25, -0.2) is 0 Å². The molecule has 0 aliphatic heterocycles. The maximum atomic E-state index is 10.7. The van der Waals surface area contributed by atoms with Gasteiger partial charge in [-0.05, 0) is 23.8 Å². The fourth-order valence-corrected chi connectivity index (χ4v) is 2.59. The summed E-state index contributed by atoms with van der Waals surface area (Å²) in [6.45, 7) is 2.33. The van der Waals surface area contributed by atoms with Gasteiger partial charge in [-0.1, -0.05) is 48.9 Å². The number of hydrogen-bond donors (Lipinski definition) is 2. The number of hydrogen-bond acceptors (Lipinski definition) is 5. The number of nitrogens with zero attached hydrogens (tertiary/aromatic N) is 2. The molecule has 3 rings (SSSR count). The molecule has 0 bridgehead atoms. The summed E-state index contributed by atoms with van der Waals surface area (Å²) in [6, 6.07) is 14.8. The topological polar surface area (TPSA) is 71.2 Å². The molecule has 1 heterocycles. The van der Waals surface area contributed by atoms with Crippen LogP contribution in [0.25, 0.3) is 0 Å². The maximum absolute atomic E-state index is 10.7. The fourth-order valence-electron chi connectivity index (χ4n) is 2.41. The predicted octanol–water partition coefficient (Wildman–Crippen LogP) is 3.98. The van der Waals surface area contributed by atoms with E-state index in [2.05, 4.69) is 15.5 Å². The van der Waals surface area contributed by atoms with Gasteiger partial charge in [-0.2, -0.15) is 0 Å². The number of rotatable bonds is 6. The number of aryl methyl sites for hydroxylation is 1. The predicted molar refractivity (Wildman–Crippen MR) is 93.0 cm³/mol. The monoisotopic (exact) mass is 343 g/mol. The van der Waals surface area contributed by atoms with Crippen molar-refractivity contribution in [1.29, 1.82) is 0 Å². The smallest absolute Gasteiger partial charge is 0.235 e. The summed E-state index contributed by atoms with van der Waals surface area (Å²) in [5.74, 6) is 1.11. The van der Waals surface area contributed by atoms with Gasteiger partial charge in [0.1, 0.15) is 6.10 Å². The van der Waals surface area contributed by atoms with Crippen molar-refractivity contribution >= 4 is 17.3 Å². The Bertz CT molecular complexity index is 805. The molecule has 0 fully saturated rings. The van der Waals surface area contributed by atoms with Crippen molar-refractivity contribution in [1.82, 2.24) is 10.2 Å². The van der Waals surface area contributed by atoms with Crippen molar-refractivity contribution in [3.63, 3.8) is 0 Å². The lowest BCUT2D eigenvalue weighted by atomic mass is 10.00. The van der Waals surface area contributed by atoms with Gasteiger partial charge < -0.3 is 14.8 Å². The zero-order valence-corrected chi connectivity index (χ0v) is 14.0. The Balaban J connectivity index is 1.82. The fraction of sp³-hybridized carbons (Fsp3) is 0.222. The lowest BCUT2D eigenvalue weighted by molar-refractivity contribution is 0.221. The van der Waals surface area contributed by atoms with Crippen LogP contribution in [0.4, 0.5) is 5.69 Å². The van der Waals surface area contributed by atoms with E-state index >= 15 is 0 Å². The van der Waals surface area contributed by atoms with E-state index in [1.807, 2.05) is 43.3 Å². The molecule has 2 N–H and O–H groups in total. The van der Waals surface area contributed by atoms with Gasteiger partial charge in [0.05, 0.1) is 6.54 Å². The number of aromatic nitrogens is 2. The average Bonchev–Trinajstić information content (AvgIpc) is 3.09. The van der Waals surface area contributed by atoms with Gasteiger partial charge >= 0.3 is 0 Å². The summed E-state index contributed by atoms with van der Waals surface area (Å²) < 4.78 is 5.49. The normalized spacial score (nSPS) is 12.1. The molecule has 1 unspecified atom stereocenters. The third kappa shape index (κ3) is 3.75. The summed E-state index contributed by atoms with van der Waals surface area (Å²) in [4.78, 5) is 0. The van der Waals surface area contributed by atoms with E-state index in [0.29, 0.717) is 35.3 Å². The Morgan fingerprint density at radius 1 is 1.12 bits per heavy atom. The van der Waals surface area contributed by atoms with Crippen LogP contribution in [0.15, 0.2) is 52.9 Å². The highest BCUT2D eigenvalue weighted by molar-refractivity contribution is 6.30. The van der Waals surface area contributed by atoms with Crippen LogP contribution >= 0.6 is 11.6 Å². The van der Waals surface area contributed by atoms with E-state index in [4.69, 9.17) is 16.0 Å².